The number of furan rings is 1. The second kappa shape index (κ2) is 5.64. The summed E-state index contributed by atoms with van der Waals surface area (Å²) in [5, 5.41) is 3.60. The van der Waals surface area contributed by atoms with Crippen LogP contribution in [0.4, 0.5) is 0 Å². The summed E-state index contributed by atoms with van der Waals surface area (Å²) in [7, 11) is 0. The Morgan fingerprint density at radius 2 is 1.16 bits per heavy atom. The third-order valence-corrected chi connectivity index (χ3v) is 4.67. The molecule has 0 unspecified atom stereocenters. The Hall–Kier alpha value is -3.32. The van der Waals surface area contributed by atoms with E-state index in [1.807, 2.05) is 18.2 Å². The highest BCUT2D eigenvalue weighted by Crippen LogP contribution is 2.39. The van der Waals surface area contributed by atoms with Crippen LogP contribution in [0.25, 0.3) is 44.2 Å². The van der Waals surface area contributed by atoms with E-state index in [2.05, 4.69) is 78.9 Å². The molecule has 1 nitrogen and oxygen atoms in total. The third kappa shape index (κ3) is 2.33. The van der Waals surface area contributed by atoms with Crippen molar-refractivity contribution in [3.8, 4) is 22.5 Å². The van der Waals surface area contributed by atoms with Gasteiger partial charge in [0.25, 0.3) is 0 Å². The maximum atomic E-state index is 6.22. The summed E-state index contributed by atoms with van der Waals surface area (Å²) in [4.78, 5) is 0. The molecule has 1 aromatic heterocycles. The molecule has 0 saturated heterocycles. The highest BCUT2D eigenvalue weighted by molar-refractivity contribution is 6.12. The minimum atomic E-state index is 0.906. The number of benzene rings is 4. The molecule has 0 N–H and O–H groups in total. The Bertz CT molecular complexity index is 1170. The van der Waals surface area contributed by atoms with Gasteiger partial charge in [0.1, 0.15) is 11.3 Å². The smallest absolute Gasteiger partial charge is 0.136 e. The van der Waals surface area contributed by atoms with Gasteiger partial charge < -0.3 is 4.42 Å². The molecule has 25 heavy (non-hydrogen) atoms. The maximum absolute atomic E-state index is 6.22. The van der Waals surface area contributed by atoms with E-state index < -0.39 is 0 Å². The first-order valence-corrected chi connectivity index (χ1v) is 8.46. The summed E-state index contributed by atoms with van der Waals surface area (Å²) in [5.41, 5.74) is 4.47. The zero-order valence-corrected chi connectivity index (χ0v) is 13.6. The van der Waals surface area contributed by atoms with Gasteiger partial charge in [-0.3, -0.25) is 0 Å². The summed E-state index contributed by atoms with van der Waals surface area (Å²) in [6, 6.07) is 33.6. The number of hydrogen-bond donors (Lipinski definition) is 0. The van der Waals surface area contributed by atoms with Gasteiger partial charge in [0.2, 0.25) is 0 Å². The molecule has 0 aliphatic heterocycles. The van der Waals surface area contributed by atoms with Crippen LogP contribution in [0, 0.1) is 0 Å². The zero-order chi connectivity index (χ0) is 16.6. The molecular weight excluding hydrogens is 304 g/mol. The lowest BCUT2D eigenvalue weighted by Crippen LogP contribution is -1.82. The van der Waals surface area contributed by atoms with E-state index in [1.165, 1.54) is 21.9 Å². The Labute approximate surface area is 146 Å². The van der Waals surface area contributed by atoms with Crippen molar-refractivity contribution in [2.75, 3.05) is 0 Å². The maximum Gasteiger partial charge on any atom is 0.136 e. The summed E-state index contributed by atoms with van der Waals surface area (Å²) in [6.45, 7) is 0. The van der Waals surface area contributed by atoms with Crippen molar-refractivity contribution in [3.63, 3.8) is 0 Å². The van der Waals surface area contributed by atoms with Crippen molar-refractivity contribution < 1.29 is 4.42 Å². The normalized spacial score (nSPS) is 11.2. The van der Waals surface area contributed by atoms with Gasteiger partial charge in [-0.15, -0.1) is 0 Å². The predicted molar refractivity (Wildman–Crippen MR) is 105 cm³/mol. The number of fused-ring (bicyclic) bond motifs is 2. The van der Waals surface area contributed by atoms with Crippen LogP contribution >= 0.6 is 0 Å². The fourth-order valence-corrected chi connectivity index (χ4v) is 3.51. The Balaban J connectivity index is 1.88. The van der Waals surface area contributed by atoms with Crippen molar-refractivity contribution in [2.24, 2.45) is 0 Å². The van der Waals surface area contributed by atoms with Gasteiger partial charge in [0.15, 0.2) is 0 Å². The van der Waals surface area contributed by atoms with E-state index in [0.717, 1.165) is 22.3 Å². The molecule has 0 fully saturated rings. The highest BCUT2D eigenvalue weighted by Gasteiger charge is 2.14. The van der Waals surface area contributed by atoms with E-state index in [4.69, 9.17) is 4.42 Å². The molecule has 0 spiro atoms. The standard InChI is InChI=1S/C24H16O/c1-3-9-17(10-4-1)22-16-21-23(25-22)15-19-13-7-8-14-20(19)24(21)18-11-5-2-6-12-18/h1-16H. The van der Waals surface area contributed by atoms with Crippen LogP contribution < -0.4 is 0 Å². The fraction of sp³-hybridized carbons (Fsp3) is 0. The quantitative estimate of drug-likeness (QED) is 0.344. The van der Waals surface area contributed by atoms with E-state index in [-0.39, 0.29) is 0 Å². The SMILES string of the molecule is c1ccc(-c2cc3c(-c4ccccc4)c4ccccc4cc3o2)cc1. The van der Waals surface area contributed by atoms with Crippen LogP contribution in [0.15, 0.2) is 101 Å². The molecule has 0 saturated carbocycles. The molecule has 0 bridgehead atoms. The molecule has 118 valence electrons. The monoisotopic (exact) mass is 320 g/mol. The van der Waals surface area contributed by atoms with Crippen LogP contribution in [0.5, 0.6) is 0 Å². The predicted octanol–water partition coefficient (Wildman–Crippen LogP) is 6.92. The first kappa shape index (κ1) is 14.1. The molecule has 0 aliphatic rings. The first-order valence-electron chi connectivity index (χ1n) is 8.46. The van der Waals surface area contributed by atoms with Crippen molar-refractivity contribution in [2.45, 2.75) is 0 Å². The Morgan fingerprint density at radius 3 is 1.92 bits per heavy atom. The molecule has 4 aromatic carbocycles. The highest BCUT2D eigenvalue weighted by atomic mass is 16.3. The molecule has 0 atom stereocenters. The van der Waals surface area contributed by atoms with Crippen LogP contribution in [-0.4, -0.2) is 0 Å². The molecule has 5 aromatic rings. The van der Waals surface area contributed by atoms with Gasteiger partial charge in [-0.05, 0) is 28.5 Å². The van der Waals surface area contributed by atoms with Crippen molar-refractivity contribution in [3.05, 3.63) is 97.1 Å². The molecule has 1 heteroatoms. The van der Waals surface area contributed by atoms with E-state index in [9.17, 15) is 0 Å². The number of hydrogen-bond acceptors (Lipinski definition) is 1. The topological polar surface area (TPSA) is 13.1 Å². The fourth-order valence-electron chi connectivity index (χ4n) is 3.51. The molecule has 5 rings (SSSR count). The summed E-state index contributed by atoms with van der Waals surface area (Å²) >= 11 is 0. The van der Waals surface area contributed by atoms with Gasteiger partial charge in [0.05, 0.1) is 0 Å². The van der Waals surface area contributed by atoms with E-state index in [1.54, 1.807) is 0 Å². The molecule has 0 amide bonds. The summed E-state index contributed by atoms with van der Waals surface area (Å²) in [6.07, 6.45) is 0. The molecule has 0 radical (unpaired) electrons. The number of rotatable bonds is 2. The van der Waals surface area contributed by atoms with Crippen LogP contribution in [0.1, 0.15) is 0 Å². The minimum absolute atomic E-state index is 0.906. The zero-order valence-electron chi connectivity index (χ0n) is 13.6. The average Bonchev–Trinajstić information content (AvgIpc) is 3.11. The first-order chi connectivity index (χ1) is 12.4. The largest absolute Gasteiger partial charge is 0.456 e. The van der Waals surface area contributed by atoms with Crippen molar-refractivity contribution in [1.29, 1.82) is 0 Å². The van der Waals surface area contributed by atoms with Crippen LogP contribution in [-0.2, 0) is 0 Å². The van der Waals surface area contributed by atoms with Crippen molar-refractivity contribution in [1.82, 2.24) is 0 Å². The van der Waals surface area contributed by atoms with E-state index in [0.29, 0.717) is 0 Å². The Kier molecular flexibility index (Phi) is 3.17. The average molecular weight is 320 g/mol. The lowest BCUT2D eigenvalue weighted by Gasteiger charge is -2.08. The molecule has 1 heterocycles. The lowest BCUT2D eigenvalue weighted by molar-refractivity contribution is 0.632. The summed E-state index contributed by atoms with van der Waals surface area (Å²) in [5.74, 6) is 0.906. The minimum Gasteiger partial charge on any atom is -0.456 e. The van der Waals surface area contributed by atoms with Gasteiger partial charge in [-0.25, -0.2) is 0 Å². The summed E-state index contributed by atoms with van der Waals surface area (Å²) < 4.78 is 6.22. The Morgan fingerprint density at radius 1 is 0.520 bits per heavy atom. The second-order valence-electron chi connectivity index (χ2n) is 6.23. The van der Waals surface area contributed by atoms with E-state index >= 15 is 0 Å². The third-order valence-electron chi connectivity index (χ3n) is 4.67. The molecular formula is C24H16O. The second-order valence-corrected chi connectivity index (χ2v) is 6.23. The van der Waals surface area contributed by atoms with Gasteiger partial charge in [-0.1, -0.05) is 84.9 Å². The van der Waals surface area contributed by atoms with Crippen LogP contribution in [0.2, 0.25) is 0 Å². The van der Waals surface area contributed by atoms with Gasteiger partial charge in [0, 0.05) is 16.5 Å². The van der Waals surface area contributed by atoms with Crippen LogP contribution in [0.3, 0.4) is 0 Å². The van der Waals surface area contributed by atoms with Gasteiger partial charge in [-0.2, -0.15) is 0 Å². The van der Waals surface area contributed by atoms with Crippen molar-refractivity contribution >= 4 is 21.7 Å². The van der Waals surface area contributed by atoms with Gasteiger partial charge >= 0.3 is 0 Å². The lowest BCUT2D eigenvalue weighted by atomic mass is 9.95. The molecule has 0 aliphatic carbocycles.